The van der Waals surface area contributed by atoms with Crippen molar-refractivity contribution >= 4 is 11.6 Å². The minimum Gasteiger partial charge on any atom is -0.383 e. The van der Waals surface area contributed by atoms with Crippen LogP contribution in [-0.2, 0) is 11.3 Å². The summed E-state index contributed by atoms with van der Waals surface area (Å²) in [5, 5.41) is 0.0554. The Bertz CT molecular complexity index is 317. The number of benzene rings is 1. The predicted octanol–water partition coefficient (Wildman–Crippen LogP) is 2.68. The van der Waals surface area contributed by atoms with E-state index in [4.69, 9.17) is 16.3 Å². The lowest BCUT2D eigenvalue weighted by atomic mass is 10.1. The summed E-state index contributed by atoms with van der Waals surface area (Å²) in [5.41, 5.74) is 2.62. The predicted molar refractivity (Wildman–Crippen MR) is 69.0 cm³/mol. The molecule has 0 aliphatic carbocycles. The second kappa shape index (κ2) is 6.89. The molecule has 0 N–H and O–H groups in total. The molecule has 0 heterocycles. The topological polar surface area (TPSA) is 12.5 Å². The Morgan fingerprint density at radius 3 is 2.81 bits per heavy atom. The van der Waals surface area contributed by atoms with Crippen LogP contribution in [0.25, 0.3) is 0 Å². The number of rotatable bonds is 6. The molecular weight excluding hydrogens is 222 g/mol. The van der Waals surface area contributed by atoms with Crippen LogP contribution in [-0.4, -0.2) is 37.6 Å². The quantitative estimate of drug-likeness (QED) is 0.710. The SMILES string of the molecule is COCC(Cl)CN(C)Cc1cccc(C)c1. The fourth-order valence-corrected chi connectivity index (χ4v) is 2.12. The zero-order valence-corrected chi connectivity index (χ0v) is 11.0. The van der Waals surface area contributed by atoms with Gasteiger partial charge in [-0.05, 0) is 19.5 Å². The van der Waals surface area contributed by atoms with E-state index in [2.05, 4.69) is 43.1 Å². The van der Waals surface area contributed by atoms with Crippen LogP contribution in [0, 0.1) is 6.92 Å². The van der Waals surface area contributed by atoms with Gasteiger partial charge in [-0.1, -0.05) is 29.8 Å². The van der Waals surface area contributed by atoms with Crippen LogP contribution in [0.5, 0.6) is 0 Å². The highest BCUT2D eigenvalue weighted by Crippen LogP contribution is 2.08. The van der Waals surface area contributed by atoms with Gasteiger partial charge in [-0.3, -0.25) is 0 Å². The van der Waals surface area contributed by atoms with Gasteiger partial charge in [0.25, 0.3) is 0 Å². The highest BCUT2D eigenvalue weighted by atomic mass is 35.5. The van der Waals surface area contributed by atoms with E-state index in [1.54, 1.807) is 7.11 Å². The molecule has 1 aromatic carbocycles. The van der Waals surface area contributed by atoms with E-state index in [0.29, 0.717) is 6.61 Å². The van der Waals surface area contributed by atoms with Crippen LogP contribution in [0.15, 0.2) is 24.3 Å². The van der Waals surface area contributed by atoms with Crippen molar-refractivity contribution in [3.05, 3.63) is 35.4 Å². The zero-order valence-electron chi connectivity index (χ0n) is 10.2. The van der Waals surface area contributed by atoms with Gasteiger partial charge in [0, 0.05) is 20.2 Å². The van der Waals surface area contributed by atoms with Gasteiger partial charge < -0.3 is 9.64 Å². The largest absolute Gasteiger partial charge is 0.383 e. The number of ether oxygens (including phenoxy) is 1. The number of methoxy groups -OCH3 is 1. The van der Waals surface area contributed by atoms with Gasteiger partial charge in [0.15, 0.2) is 0 Å². The van der Waals surface area contributed by atoms with Crippen molar-refractivity contribution in [2.45, 2.75) is 18.8 Å². The van der Waals surface area contributed by atoms with Gasteiger partial charge in [0.2, 0.25) is 0 Å². The lowest BCUT2D eigenvalue weighted by Gasteiger charge is -2.19. The Morgan fingerprint density at radius 2 is 2.19 bits per heavy atom. The van der Waals surface area contributed by atoms with Gasteiger partial charge in [-0.2, -0.15) is 0 Å². The van der Waals surface area contributed by atoms with Crippen molar-refractivity contribution in [2.75, 3.05) is 27.3 Å². The third kappa shape index (κ3) is 4.97. The van der Waals surface area contributed by atoms with Crippen molar-refractivity contribution in [3.63, 3.8) is 0 Å². The maximum Gasteiger partial charge on any atom is 0.0696 e. The van der Waals surface area contributed by atoms with E-state index in [-0.39, 0.29) is 5.38 Å². The van der Waals surface area contributed by atoms with E-state index < -0.39 is 0 Å². The molecule has 0 saturated carbocycles. The number of halogens is 1. The second-order valence-corrected chi connectivity index (χ2v) is 4.86. The molecule has 3 heteroatoms. The summed E-state index contributed by atoms with van der Waals surface area (Å²) in [5.74, 6) is 0. The van der Waals surface area contributed by atoms with E-state index in [0.717, 1.165) is 13.1 Å². The molecule has 90 valence electrons. The molecule has 1 aromatic rings. The number of hydrogen-bond donors (Lipinski definition) is 0. The summed E-state index contributed by atoms with van der Waals surface area (Å²) in [6.45, 7) is 4.47. The van der Waals surface area contributed by atoms with Crippen LogP contribution >= 0.6 is 11.6 Å². The molecular formula is C13H20ClNO. The highest BCUT2D eigenvalue weighted by molar-refractivity contribution is 6.20. The first kappa shape index (κ1) is 13.5. The molecule has 0 spiro atoms. The first-order chi connectivity index (χ1) is 7.61. The van der Waals surface area contributed by atoms with Gasteiger partial charge in [-0.15, -0.1) is 11.6 Å². The zero-order chi connectivity index (χ0) is 12.0. The van der Waals surface area contributed by atoms with E-state index in [9.17, 15) is 0 Å². The van der Waals surface area contributed by atoms with Crippen molar-refractivity contribution in [1.29, 1.82) is 0 Å². The van der Waals surface area contributed by atoms with Crippen LogP contribution in [0.2, 0.25) is 0 Å². The molecule has 0 radical (unpaired) electrons. The standard InChI is InChI=1S/C13H20ClNO/c1-11-5-4-6-12(7-11)8-15(2)9-13(14)10-16-3/h4-7,13H,8-10H2,1-3H3. The Morgan fingerprint density at radius 1 is 1.44 bits per heavy atom. The summed E-state index contributed by atoms with van der Waals surface area (Å²) >= 11 is 6.11. The summed E-state index contributed by atoms with van der Waals surface area (Å²) in [6, 6.07) is 8.55. The average Bonchev–Trinajstić information content (AvgIpc) is 2.17. The summed E-state index contributed by atoms with van der Waals surface area (Å²) in [4.78, 5) is 2.21. The lowest BCUT2D eigenvalue weighted by molar-refractivity contribution is 0.181. The molecule has 0 fully saturated rings. The Labute approximate surface area is 103 Å². The molecule has 0 aliphatic heterocycles. The molecule has 0 bridgehead atoms. The minimum absolute atomic E-state index is 0.0554. The fourth-order valence-electron chi connectivity index (χ4n) is 1.76. The minimum atomic E-state index is 0.0554. The van der Waals surface area contributed by atoms with E-state index >= 15 is 0 Å². The molecule has 2 nitrogen and oxygen atoms in total. The Balaban J connectivity index is 2.42. The number of aryl methyl sites for hydroxylation is 1. The van der Waals surface area contributed by atoms with Gasteiger partial charge in [-0.25, -0.2) is 0 Å². The van der Waals surface area contributed by atoms with Gasteiger partial charge in [0.05, 0.1) is 12.0 Å². The average molecular weight is 242 g/mol. The van der Waals surface area contributed by atoms with Crippen LogP contribution < -0.4 is 0 Å². The molecule has 0 amide bonds. The number of nitrogens with zero attached hydrogens (tertiary/aromatic N) is 1. The monoisotopic (exact) mass is 241 g/mol. The molecule has 1 atom stereocenters. The van der Waals surface area contributed by atoms with E-state index in [1.165, 1.54) is 11.1 Å². The Hall–Kier alpha value is -0.570. The van der Waals surface area contributed by atoms with Crippen LogP contribution in [0.4, 0.5) is 0 Å². The highest BCUT2D eigenvalue weighted by Gasteiger charge is 2.08. The van der Waals surface area contributed by atoms with E-state index in [1.807, 2.05) is 0 Å². The van der Waals surface area contributed by atoms with Gasteiger partial charge in [0.1, 0.15) is 0 Å². The Kier molecular flexibility index (Phi) is 5.81. The smallest absolute Gasteiger partial charge is 0.0696 e. The maximum atomic E-state index is 6.11. The van der Waals surface area contributed by atoms with Gasteiger partial charge >= 0.3 is 0 Å². The molecule has 1 unspecified atom stereocenters. The summed E-state index contributed by atoms with van der Waals surface area (Å²) < 4.78 is 5.02. The molecule has 1 rings (SSSR count). The normalized spacial score (nSPS) is 13.1. The molecule has 0 saturated heterocycles. The maximum absolute atomic E-state index is 6.11. The van der Waals surface area contributed by atoms with Crippen molar-refractivity contribution in [2.24, 2.45) is 0 Å². The fraction of sp³-hybridized carbons (Fsp3) is 0.538. The van der Waals surface area contributed by atoms with Crippen molar-refractivity contribution in [1.82, 2.24) is 4.90 Å². The summed E-state index contributed by atoms with van der Waals surface area (Å²) in [6.07, 6.45) is 0. The molecule has 16 heavy (non-hydrogen) atoms. The van der Waals surface area contributed by atoms with Crippen molar-refractivity contribution in [3.8, 4) is 0 Å². The van der Waals surface area contributed by atoms with Crippen LogP contribution in [0.3, 0.4) is 0 Å². The second-order valence-electron chi connectivity index (χ2n) is 4.24. The van der Waals surface area contributed by atoms with Crippen molar-refractivity contribution < 1.29 is 4.74 Å². The first-order valence-corrected chi connectivity index (χ1v) is 5.92. The molecule has 0 aliphatic rings. The number of hydrogen-bond acceptors (Lipinski definition) is 2. The summed E-state index contributed by atoms with van der Waals surface area (Å²) in [7, 11) is 3.75. The third-order valence-electron chi connectivity index (χ3n) is 2.39. The lowest BCUT2D eigenvalue weighted by Crippen LogP contribution is -2.28. The van der Waals surface area contributed by atoms with Crippen LogP contribution in [0.1, 0.15) is 11.1 Å². The third-order valence-corrected chi connectivity index (χ3v) is 2.66. The number of alkyl halides is 1. The first-order valence-electron chi connectivity index (χ1n) is 5.49. The molecule has 0 aromatic heterocycles.